The molecule has 0 aliphatic rings. The van der Waals surface area contributed by atoms with Gasteiger partial charge in [0.05, 0.1) is 0 Å². The Balaban J connectivity index is 1.89. The lowest BCUT2D eigenvalue weighted by Crippen LogP contribution is -2.16. The minimum atomic E-state index is 0.795. The molecule has 0 aliphatic heterocycles. The van der Waals surface area contributed by atoms with Crippen molar-refractivity contribution in [2.45, 2.75) is 13.3 Å². The highest BCUT2D eigenvalue weighted by Crippen LogP contribution is 2.16. The topological polar surface area (TPSA) is 53.1 Å². The summed E-state index contributed by atoms with van der Waals surface area (Å²) in [5, 5.41) is 6.60. The zero-order valence-corrected chi connectivity index (χ0v) is 12.9. The highest BCUT2D eigenvalue weighted by molar-refractivity contribution is 5.58. The Morgan fingerprint density at radius 2 is 1.76 bits per heavy atom. The van der Waals surface area contributed by atoms with Crippen LogP contribution in [0, 0.1) is 6.92 Å². The monoisotopic (exact) mass is 285 g/mol. The molecule has 0 spiro atoms. The van der Waals surface area contributed by atoms with Crippen LogP contribution in [0.4, 0.5) is 17.3 Å². The molecular weight excluding hydrogens is 262 g/mol. The molecular formula is C16H23N5. The third kappa shape index (κ3) is 5.39. The van der Waals surface area contributed by atoms with Gasteiger partial charge in [0.1, 0.15) is 18.0 Å². The summed E-state index contributed by atoms with van der Waals surface area (Å²) in [5.41, 5.74) is 2.27. The van der Waals surface area contributed by atoms with Crippen molar-refractivity contribution in [2.75, 3.05) is 37.8 Å². The van der Waals surface area contributed by atoms with Crippen LogP contribution in [0.25, 0.3) is 0 Å². The molecule has 21 heavy (non-hydrogen) atoms. The van der Waals surface area contributed by atoms with Gasteiger partial charge >= 0.3 is 0 Å². The van der Waals surface area contributed by atoms with Crippen molar-refractivity contribution in [3.8, 4) is 0 Å². The number of aromatic nitrogens is 2. The molecule has 0 aliphatic carbocycles. The maximum Gasteiger partial charge on any atom is 0.135 e. The van der Waals surface area contributed by atoms with E-state index >= 15 is 0 Å². The summed E-state index contributed by atoms with van der Waals surface area (Å²) in [6.07, 6.45) is 2.66. The Morgan fingerprint density at radius 1 is 1.05 bits per heavy atom. The van der Waals surface area contributed by atoms with Crippen LogP contribution in [0.3, 0.4) is 0 Å². The van der Waals surface area contributed by atoms with Gasteiger partial charge in [-0.1, -0.05) is 17.7 Å². The van der Waals surface area contributed by atoms with E-state index in [1.165, 1.54) is 5.56 Å². The second-order valence-corrected chi connectivity index (χ2v) is 5.36. The predicted molar refractivity (Wildman–Crippen MR) is 88.2 cm³/mol. The van der Waals surface area contributed by atoms with Crippen LogP contribution in [-0.2, 0) is 0 Å². The minimum Gasteiger partial charge on any atom is -0.370 e. The molecule has 5 heteroatoms. The third-order valence-electron chi connectivity index (χ3n) is 3.08. The lowest BCUT2D eigenvalue weighted by Gasteiger charge is -2.11. The number of nitrogens with zero attached hydrogens (tertiary/aromatic N) is 3. The molecule has 0 radical (unpaired) electrons. The van der Waals surface area contributed by atoms with Crippen molar-refractivity contribution in [2.24, 2.45) is 0 Å². The Labute approximate surface area is 126 Å². The molecule has 0 bridgehead atoms. The fourth-order valence-electron chi connectivity index (χ4n) is 1.92. The molecule has 1 aromatic carbocycles. The van der Waals surface area contributed by atoms with Gasteiger partial charge in [0.15, 0.2) is 0 Å². The molecule has 1 aromatic heterocycles. The van der Waals surface area contributed by atoms with Gasteiger partial charge in [-0.25, -0.2) is 9.97 Å². The molecule has 0 saturated heterocycles. The van der Waals surface area contributed by atoms with Gasteiger partial charge in [-0.2, -0.15) is 0 Å². The smallest absolute Gasteiger partial charge is 0.135 e. The van der Waals surface area contributed by atoms with E-state index in [4.69, 9.17) is 0 Å². The standard InChI is InChI=1S/C16H23N5/c1-13-5-7-14(8-6-13)20-16-11-15(18-12-19-16)17-9-4-10-21(2)3/h5-8,11-12H,4,9-10H2,1-3H3,(H2,17,18,19,20). The van der Waals surface area contributed by atoms with Crippen LogP contribution in [0.2, 0.25) is 0 Å². The third-order valence-corrected chi connectivity index (χ3v) is 3.08. The second-order valence-electron chi connectivity index (χ2n) is 5.36. The highest BCUT2D eigenvalue weighted by atomic mass is 15.1. The summed E-state index contributed by atoms with van der Waals surface area (Å²) in [5.74, 6) is 1.64. The number of aryl methyl sites for hydroxylation is 1. The van der Waals surface area contributed by atoms with Crippen LogP contribution in [0.15, 0.2) is 36.7 Å². The molecule has 0 saturated carbocycles. The minimum absolute atomic E-state index is 0.795. The summed E-state index contributed by atoms with van der Waals surface area (Å²) in [7, 11) is 4.16. The molecule has 0 unspecified atom stereocenters. The first-order valence-electron chi connectivity index (χ1n) is 7.18. The molecule has 112 valence electrons. The molecule has 2 aromatic rings. The maximum atomic E-state index is 4.24. The van der Waals surface area contributed by atoms with E-state index in [0.29, 0.717) is 0 Å². The van der Waals surface area contributed by atoms with Gasteiger partial charge in [-0.15, -0.1) is 0 Å². The highest BCUT2D eigenvalue weighted by Gasteiger charge is 2.00. The molecule has 5 nitrogen and oxygen atoms in total. The fourth-order valence-corrected chi connectivity index (χ4v) is 1.92. The first-order valence-corrected chi connectivity index (χ1v) is 7.18. The summed E-state index contributed by atoms with van der Waals surface area (Å²) in [6.45, 7) is 4.04. The van der Waals surface area contributed by atoms with Gasteiger partial charge < -0.3 is 15.5 Å². The van der Waals surface area contributed by atoms with Crippen LogP contribution in [0.1, 0.15) is 12.0 Å². The van der Waals surface area contributed by atoms with Gasteiger partial charge in [-0.05, 0) is 46.1 Å². The molecule has 1 heterocycles. The summed E-state index contributed by atoms with van der Waals surface area (Å²) in [4.78, 5) is 10.7. The van der Waals surface area contributed by atoms with Crippen LogP contribution in [-0.4, -0.2) is 42.1 Å². The Hall–Kier alpha value is -2.14. The summed E-state index contributed by atoms with van der Waals surface area (Å²) in [6, 6.07) is 10.2. The molecule has 2 rings (SSSR count). The number of benzene rings is 1. The number of nitrogens with one attached hydrogen (secondary N) is 2. The van der Waals surface area contributed by atoms with Crippen molar-refractivity contribution in [1.29, 1.82) is 0 Å². The van der Waals surface area contributed by atoms with Crippen molar-refractivity contribution < 1.29 is 0 Å². The Bertz CT molecular complexity index is 551. The van der Waals surface area contributed by atoms with E-state index < -0.39 is 0 Å². The van der Waals surface area contributed by atoms with Crippen LogP contribution in [0.5, 0.6) is 0 Å². The largest absolute Gasteiger partial charge is 0.370 e. The number of rotatable bonds is 7. The van der Waals surface area contributed by atoms with E-state index in [-0.39, 0.29) is 0 Å². The van der Waals surface area contributed by atoms with E-state index in [9.17, 15) is 0 Å². The predicted octanol–water partition coefficient (Wildman–Crippen LogP) is 2.89. The van der Waals surface area contributed by atoms with E-state index in [2.05, 4.69) is 58.7 Å². The quantitative estimate of drug-likeness (QED) is 0.766. The Kier molecular flexibility index (Phi) is 5.51. The summed E-state index contributed by atoms with van der Waals surface area (Å²) < 4.78 is 0. The lowest BCUT2D eigenvalue weighted by molar-refractivity contribution is 0.405. The first kappa shape index (κ1) is 15.3. The maximum absolute atomic E-state index is 4.24. The normalized spacial score (nSPS) is 10.7. The Morgan fingerprint density at radius 3 is 2.48 bits per heavy atom. The number of hydrogen-bond donors (Lipinski definition) is 2. The molecule has 2 N–H and O–H groups in total. The number of anilines is 3. The average molecular weight is 285 g/mol. The average Bonchev–Trinajstić information content (AvgIpc) is 2.46. The molecule has 0 fully saturated rings. The second kappa shape index (κ2) is 7.59. The van der Waals surface area contributed by atoms with Crippen molar-refractivity contribution in [1.82, 2.24) is 14.9 Å². The van der Waals surface area contributed by atoms with Gasteiger partial charge in [0, 0.05) is 18.3 Å². The zero-order valence-electron chi connectivity index (χ0n) is 12.9. The zero-order chi connectivity index (χ0) is 15.1. The van der Waals surface area contributed by atoms with Crippen molar-refractivity contribution in [3.05, 3.63) is 42.2 Å². The van der Waals surface area contributed by atoms with E-state index in [0.717, 1.165) is 36.8 Å². The van der Waals surface area contributed by atoms with E-state index in [1.807, 2.05) is 18.2 Å². The SMILES string of the molecule is Cc1ccc(Nc2cc(NCCCN(C)C)ncn2)cc1. The van der Waals surface area contributed by atoms with E-state index in [1.54, 1.807) is 6.33 Å². The summed E-state index contributed by atoms with van der Waals surface area (Å²) >= 11 is 0. The fraction of sp³-hybridized carbons (Fsp3) is 0.375. The van der Waals surface area contributed by atoms with Crippen molar-refractivity contribution >= 4 is 17.3 Å². The van der Waals surface area contributed by atoms with Gasteiger partial charge in [-0.3, -0.25) is 0 Å². The van der Waals surface area contributed by atoms with Crippen molar-refractivity contribution in [3.63, 3.8) is 0 Å². The molecule has 0 amide bonds. The van der Waals surface area contributed by atoms with Gasteiger partial charge in [0.25, 0.3) is 0 Å². The molecule has 0 atom stereocenters. The van der Waals surface area contributed by atoms with Crippen LogP contribution >= 0.6 is 0 Å². The lowest BCUT2D eigenvalue weighted by atomic mass is 10.2. The first-order chi connectivity index (χ1) is 10.1. The van der Waals surface area contributed by atoms with Gasteiger partial charge in [0.2, 0.25) is 0 Å². The van der Waals surface area contributed by atoms with Crippen LogP contribution < -0.4 is 10.6 Å². The number of hydrogen-bond acceptors (Lipinski definition) is 5.